The Balaban J connectivity index is 0.00000119. The average molecular weight is 703 g/mol. The summed E-state index contributed by atoms with van der Waals surface area (Å²) in [5.41, 5.74) is 20.3. The van der Waals surface area contributed by atoms with Gasteiger partial charge in [-0.25, -0.2) is 0 Å². The minimum Gasteiger partial charge on any atom is -0.330 e. The van der Waals surface area contributed by atoms with Crippen LogP contribution in [0.5, 0.6) is 0 Å². The van der Waals surface area contributed by atoms with Gasteiger partial charge in [-0.05, 0) is 118 Å². The second kappa shape index (κ2) is 18.5. The molecule has 0 bridgehead atoms. The van der Waals surface area contributed by atoms with Crippen LogP contribution in [0.15, 0.2) is 195 Å². The van der Waals surface area contributed by atoms with Crippen LogP contribution in [0.4, 0.5) is 17.1 Å². The van der Waals surface area contributed by atoms with E-state index < -0.39 is 0 Å². The molecule has 7 rings (SSSR count). The van der Waals surface area contributed by atoms with Gasteiger partial charge in [-0.3, -0.25) is 0 Å². The molecule has 0 saturated carbocycles. The molecule has 0 saturated heterocycles. The van der Waals surface area contributed by atoms with Crippen molar-refractivity contribution in [2.45, 2.75) is 33.1 Å². The third-order valence-corrected chi connectivity index (χ3v) is 9.71. The van der Waals surface area contributed by atoms with E-state index in [0.717, 1.165) is 35.6 Å². The highest BCUT2D eigenvalue weighted by Crippen LogP contribution is 2.40. The van der Waals surface area contributed by atoms with Gasteiger partial charge in [-0.2, -0.15) is 0 Å². The van der Waals surface area contributed by atoms with Gasteiger partial charge in [-0.1, -0.05) is 178 Å². The van der Waals surface area contributed by atoms with E-state index in [0.29, 0.717) is 0 Å². The van der Waals surface area contributed by atoms with Crippen molar-refractivity contribution in [3.05, 3.63) is 222 Å². The molecule has 54 heavy (non-hydrogen) atoms. The van der Waals surface area contributed by atoms with Crippen LogP contribution in [-0.4, -0.2) is 6.54 Å². The quantitative estimate of drug-likeness (QED) is 0.145. The molecule has 0 aromatic heterocycles. The van der Waals surface area contributed by atoms with Crippen molar-refractivity contribution in [3.63, 3.8) is 0 Å². The SMILES string of the molecule is C=Cc1ccccc1-c1cc(N(c2ccc(/C(=C\C(C)c3ccccc3)c3ccccc3)cc2)c2cccc(-c3ccccc3)c2)ccc1C.CCCN. The summed E-state index contributed by atoms with van der Waals surface area (Å²) in [6.45, 7) is 11.4. The molecule has 0 amide bonds. The fourth-order valence-electron chi connectivity index (χ4n) is 6.73. The predicted octanol–water partition coefficient (Wildman–Crippen LogP) is 14.0. The van der Waals surface area contributed by atoms with Crippen LogP contribution in [0.2, 0.25) is 0 Å². The molecule has 0 heterocycles. The third kappa shape index (κ3) is 9.04. The highest BCUT2D eigenvalue weighted by Gasteiger charge is 2.17. The average Bonchev–Trinajstić information content (AvgIpc) is 3.25. The number of allylic oxidation sites excluding steroid dienone is 1. The van der Waals surface area contributed by atoms with Gasteiger partial charge in [0.25, 0.3) is 0 Å². The Morgan fingerprint density at radius 3 is 1.81 bits per heavy atom. The summed E-state index contributed by atoms with van der Waals surface area (Å²) >= 11 is 0. The maximum absolute atomic E-state index is 5.03. The Bertz CT molecular complexity index is 2270. The summed E-state index contributed by atoms with van der Waals surface area (Å²) < 4.78 is 0. The van der Waals surface area contributed by atoms with Gasteiger partial charge >= 0.3 is 0 Å². The summed E-state index contributed by atoms with van der Waals surface area (Å²) in [5, 5.41) is 0. The summed E-state index contributed by atoms with van der Waals surface area (Å²) in [5.74, 6) is 0.257. The predicted molar refractivity (Wildman–Crippen MR) is 235 cm³/mol. The highest BCUT2D eigenvalue weighted by atomic mass is 15.1. The van der Waals surface area contributed by atoms with Crippen molar-refractivity contribution in [3.8, 4) is 22.3 Å². The zero-order valence-electron chi connectivity index (χ0n) is 31.7. The van der Waals surface area contributed by atoms with Gasteiger partial charge in [0.15, 0.2) is 0 Å². The van der Waals surface area contributed by atoms with Crippen LogP contribution >= 0.6 is 0 Å². The lowest BCUT2D eigenvalue weighted by Gasteiger charge is -2.27. The Hall–Kier alpha value is -6.22. The highest BCUT2D eigenvalue weighted by molar-refractivity contribution is 5.86. The molecule has 2 N–H and O–H groups in total. The minimum atomic E-state index is 0.257. The number of hydrogen-bond acceptors (Lipinski definition) is 2. The van der Waals surface area contributed by atoms with E-state index in [1.165, 1.54) is 50.1 Å². The monoisotopic (exact) mass is 702 g/mol. The largest absolute Gasteiger partial charge is 0.330 e. The number of aryl methyl sites for hydroxylation is 1. The second-order valence-corrected chi connectivity index (χ2v) is 13.5. The van der Waals surface area contributed by atoms with Crippen molar-refractivity contribution >= 4 is 28.7 Å². The summed E-state index contributed by atoms with van der Waals surface area (Å²) in [7, 11) is 0. The lowest BCUT2D eigenvalue weighted by Crippen LogP contribution is -2.10. The molecule has 7 aromatic carbocycles. The van der Waals surface area contributed by atoms with Crippen molar-refractivity contribution in [1.29, 1.82) is 0 Å². The molecular formula is C52H50N2. The maximum atomic E-state index is 5.03. The van der Waals surface area contributed by atoms with E-state index in [4.69, 9.17) is 5.73 Å². The molecule has 0 aliphatic heterocycles. The van der Waals surface area contributed by atoms with Gasteiger partial charge < -0.3 is 10.6 Å². The molecule has 0 radical (unpaired) electrons. The lowest BCUT2D eigenvalue weighted by molar-refractivity contribution is 0.932. The summed E-state index contributed by atoms with van der Waals surface area (Å²) in [6.07, 6.45) is 5.43. The molecule has 0 aliphatic carbocycles. The lowest BCUT2D eigenvalue weighted by atomic mass is 9.91. The Labute approximate surface area is 322 Å². The van der Waals surface area contributed by atoms with Crippen LogP contribution in [0.3, 0.4) is 0 Å². The van der Waals surface area contributed by atoms with Crippen LogP contribution in [0.1, 0.15) is 54.0 Å². The van der Waals surface area contributed by atoms with Crippen LogP contribution in [0.25, 0.3) is 33.9 Å². The third-order valence-electron chi connectivity index (χ3n) is 9.71. The fourth-order valence-corrected chi connectivity index (χ4v) is 6.73. The molecule has 0 fully saturated rings. The normalized spacial score (nSPS) is 11.6. The number of anilines is 3. The minimum absolute atomic E-state index is 0.257. The first-order chi connectivity index (χ1) is 26.5. The van der Waals surface area contributed by atoms with Gasteiger partial charge in [0.2, 0.25) is 0 Å². The Morgan fingerprint density at radius 2 is 1.15 bits per heavy atom. The van der Waals surface area contributed by atoms with E-state index in [1.54, 1.807) is 0 Å². The van der Waals surface area contributed by atoms with E-state index in [1.807, 2.05) is 6.08 Å². The standard InChI is InChI=1S/C49H41N.C3H9N/c1-4-38-17-14-15-26-47(38)48-35-46(30-27-36(48)2)50(45-25-16-24-43(34-45)40-20-10-6-11-21-40)44-31-28-42(29-32-44)49(41-22-12-7-13-23-41)33-37(3)39-18-8-5-9-19-39;1-2-3-4/h4-35,37H,1H2,2-3H3;2-4H2,1H3/b49-33-;. The van der Waals surface area contributed by atoms with Gasteiger partial charge in [0.05, 0.1) is 0 Å². The summed E-state index contributed by atoms with van der Waals surface area (Å²) in [6, 6.07) is 65.2. The molecule has 0 aliphatic rings. The topological polar surface area (TPSA) is 29.3 Å². The Kier molecular flexibility index (Phi) is 12.9. The first-order valence-corrected chi connectivity index (χ1v) is 18.9. The Morgan fingerprint density at radius 1 is 0.593 bits per heavy atom. The molecule has 268 valence electrons. The molecule has 1 atom stereocenters. The first kappa shape index (κ1) is 37.5. The molecule has 2 nitrogen and oxygen atoms in total. The van der Waals surface area contributed by atoms with E-state index in [-0.39, 0.29) is 5.92 Å². The smallest absolute Gasteiger partial charge is 0.0467 e. The molecule has 1 unspecified atom stereocenters. The molecular weight excluding hydrogens is 653 g/mol. The van der Waals surface area contributed by atoms with E-state index in [2.05, 4.69) is 220 Å². The van der Waals surface area contributed by atoms with Crippen molar-refractivity contribution in [2.24, 2.45) is 5.73 Å². The second-order valence-electron chi connectivity index (χ2n) is 13.5. The van der Waals surface area contributed by atoms with Crippen LogP contribution in [0, 0.1) is 6.92 Å². The van der Waals surface area contributed by atoms with Gasteiger partial charge in [-0.15, -0.1) is 0 Å². The van der Waals surface area contributed by atoms with E-state index >= 15 is 0 Å². The zero-order chi connectivity index (χ0) is 37.7. The number of rotatable bonds is 11. The van der Waals surface area contributed by atoms with Crippen molar-refractivity contribution in [2.75, 3.05) is 11.4 Å². The number of hydrogen-bond donors (Lipinski definition) is 1. The number of nitrogens with two attached hydrogens (primary N) is 1. The molecule has 7 aromatic rings. The van der Waals surface area contributed by atoms with E-state index in [9.17, 15) is 0 Å². The molecule has 0 spiro atoms. The number of benzene rings is 7. The fraction of sp³-hybridized carbons (Fsp3) is 0.115. The van der Waals surface area contributed by atoms with Crippen molar-refractivity contribution in [1.82, 2.24) is 0 Å². The zero-order valence-corrected chi connectivity index (χ0v) is 31.7. The summed E-state index contributed by atoms with van der Waals surface area (Å²) in [4.78, 5) is 2.37. The number of nitrogens with zero attached hydrogens (tertiary/aromatic N) is 1. The van der Waals surface area contributed by atoms with Crippen LogP contribution in [-0.2, 0) is 0 Å². The van der Waals surface area contributed by atoms with Crippen molar-refractivity contribution < 1.29 is 0 Å². The first-order valence-electron chi connectivity index (χ1n) is 18.9. The maximum Gasteiger partial charge on any atom is 0.0467 e. The van der Waals surface area contributed by atoms with Gasteiger partial charge in [0, 0.05) is 17.1 Å². The van der Waals surface area contributed by atoms with Gasteiger partial charge in [0.1, 0.15) is 0 Å². The van der Waals surface area contributed by atoms with Crippen LogP contribution < -0.4 is 10.6 Å². The molecule has 2 heteroatoms.